The third-order valence-corrected chi connectivity index (χ3v) is 5.76. The molecular formula is C24H24ClN5O. The van der Waals surface area contributed by atoms with Gasteiger partial charge in [-0.1, -0.05) is 35.9 Å². The molecule has 6 nitrogen and oxygen atoms in total. The van der Waals surface area contributed by atoms with Gasteiger partial charge in [0.15, 0.2) is 5.82 Å². The second-order valence-electron chi connectivity index (χ2n) is 7.75. The molecule has 2 aromatic carbocycles. The summed E-state index contributed by atoms with van der Waals surface area (Å²) in [5.41, 5.74) is 3.85. The average molecular weight is 434 g/mol. The summed E-state index contributed by atoms with van der Waals surface area (Å²) in [6.07, 6.45) is 8.33. The van der Waals surface area contributed by atoms with Crippen molar-refractivity contribution in [2.24, 2.45) is 0 Å². The Morgan fingerprint density at radius 3 is 2.77 bits per heavy atom. The number of aromatic nitrogens is 2. The van der Waals surface area contributed by atoms with E-state index in [4.69, 9.17) is 16.3 Å². The number of hydrogen-bond acceptors (Lipinski definition) is 6. The molecule has 1 fully saturated rings. The highest BCUT2D eigenvalue weighted by molar-refractivity contribution is 6.32. The molecule has 1 saturated heterocycles. The van der Waals surface area contributed by atoms with Crippen molar-refractivity contribution in [2.75, 3.05) is 36.9 Å². The summed E-state index contributed by atoms with van der Waals surface area (Å²) in [5.74, 6) is 1.89. The van der Waals surface area contributed by atoms with Crippen LogP contribution in [0.3, 0.4) is 0 Å². The molecule has 2 N–H and O–H groups in total. The standard InChI is InChI=1S/C24H24ClN5O/c25-21-16-26-24-28-20-8-9-22(31-13-12-30-10-1-2-11-30)18(15-20)7-6-17-4-3-5-19(14-17)27-23(21)29-24/h3-9,14-16H,1-2,10-13H2,(H2,26,27,28,29)/b7-6-. The molecule has 31 heavy (non-hydrogen) atoms. The maximum Gasteiger partial charge on any atom is 0.229 e. The van der Waals surface area contributed by atoms with Gasteiger partial charge in [-0.2, -0.15) is 4.98 Å². The summed E-state index contributed by atoms with van der Waals surface area (Å²) in [5, 5.41) is 7.01. The van der Waals surface area contributed by atoms with Crippen molar-refractivity contribution in [3.8, 4) is 5.75 Å². The molecule has 7 heteroatoms. The van der Waals surface area contributed by atoms with Crippen LogP contribution in [0.2, 0.25) is 5.02 Å². The highest BCUT2D eigenvalue weighted by atomic mass is 35.5. The number of halogens is 1. The van der Waals surface area contributed by atoms with Crippen molar-refractivity contribution in [3.05, 3.63) is 64.8 Å². The van der Waals surface area contributed by atoms with E-state index in [1.807, 2.05) is 24.3 Å². The van der Waals surface area contributed by atoms with Crippen molar-refractivity contribution in [1.29, 1.82) is 0 Å². The molecule has 5 rings (SSSR count). The monoisotopic (exact) mass is 433 g/mol. The molecule has 0 radical (unpaired) electrons. The van der Waals surface area contributed by atoms with E-state index in [-0.39, 0.29) is 0 Å². The fourth-order valence-electron chi connectivity index (χ4n) is 3.87. The molecule has 3 aromatic rings. The van der Waals surface area contributed by atoms with E-state index < -0.39 is 0 Å². The van der Waals surface area contributed by atoms with Gasteiger partial charge in [0.25, 0.3) is 0 Å². The number of benzene rings is 2. The average Bonchev–Trinajstić information content (AvgIpc) is 3.29. The van der Waals surface area contributed by atoms with Crippen LogP contribution in [0.25, 0.3) is 12.2 Å². The molecule has 3 heterocycles. The Bertz CT molecular complexity index is 1110. The van der Waals surface area contributed by atoms with Crippen LogP contribution in [0.1, 0.15) is 24.0 Å². The first-order valence-corrected chi connectivity index (χ1v) is 10.9. The fraction of sp³-hybridized carbons (Fsp3) is 0.250. The third kappa shape index (κ3) is 4.81. The van der Waals surface area contributed by atoms with Crippen LogP contribution in [-0.4, -0.2) is 41.1 Å². The second kappa shape index (κ2) is 8.96. The fourth-order valence-corrected chi connectivity index (χ4v) is 4.00. The van der Waals surface area contributed by atoms with Crippen LogP contribution in [-0.2, 0) is 0 Å². The highest BCUT2D eigenvalue weighted by Crippen LogP contribution is 2.30. The molecule has 6 bridgehead atoms. The molecule has 158 valence electrons. The highest BCUT2D eigenvalue weighted by Gasteiger charge is 2.12. The Labute approximate surface area is 186 Å². The summed E-state index contributed by atoms with van der Waals surface area (Å²) < 4.78 is 6.16. The second-order valence-corrected chi connectivity index (χ2v) is 8.16. The van der Waals surface area contributed by atoms with E-state index in [9.17, 15) is 0 Å². The zero-order chi connectivity index (χ0) is 21.0. The number of likely N-dealkylation sites (tertiary alicyclic amines) is 1. The lowest BCUT2D eigenvalue weighted by atomic mass is 10.1. The van der Waals surface area contributed by atoms with E-state index in [0.29, 0.717) is 23.4 Å². The van der Waals surface area contributed by atoms with Crippen LogP contribution in [0.15, 0.2) is 48.7 Å². The maximum absolute atomic E-state index is 6.30. The largest absolute Gasteiger partial charge is 0.492 e. The lowest BCUT2D eigenvalue weighted by molar-refractivity contribution is 0.237. The van der Waals surface area contributed by atoms with Gasteiger partial charge in [0.2, 0.25) is 5.95 Å². The summed E-state index contributed by atoms with van der Waals surface area (Å²) in [7, 11) is 0. The lowest BCUT2D eigenvalue weighted by Crippen LogP contribution is -2.25. The lowest BCUT2D eigenvalue weighted by Gasteiger charge is -2.16. The van der Waals surface area contributed by atoms with Crippen LogP contribution in [0.4, 0.5) is 23.1 Å². The van der Waals surface area contributed by atoms with E-state index in [0.717, 1.165) is 34.8 Å². The summed E-state index contributed by atoms with van der Waals surface area (Å²) >= 11 is 6.30. The topological polar surface area (TPSA) is 62.3 Å². The molecule has 0 amide bonds. The SMILES string of the molecule is Clc1cnc2nc1Nc1cccc(c1)/C=C\c1cc(ccc1OCCN1CCCC1)N2. The predicted octanol–water partition coefficient (Wildman–Crippen LogP) is 5.58. The van der Waals surface area contributed by atoms with Gasteiger partial charge in [-0.05, 0) is 61.8 Å². The summed E-state index contributed by atoms with van der Waals surface area (Å²) in [6, 6.07) is 14.1. The zero-order valence-corrected chi connectivity index (χ0v) is 17.9. The number of nitrogens with zero attached hydrogens (tertiary/aromatic N) is 3. The molecule has 0 saturated carbocycles. The number of rotatable bonds is 4. The Balaban J connectivity index is 1.47. The van der Waals surface area contributed by atoms with Crippen molar-refractivity contribution < 1.29 is 4.74 Å². The number of ether oxygens (including phenoxy) is 1. The zero-order valence-electron chi connectivity index (χ0n) is 17.1. The van der Waals surface area contributed by atoms with Crippen LogP contribution >= 0.6 is 11.6 Å². The smallest absolute Gasteiger partial charge is 0.229 e. The Morgan fingerprint density at radius 1 is 1.00 bits per heavy atom. The molecule has 2 aliphatic rings. The van der Waals surface area contributed by atoms with E-state index in [1.54, 1.807) is 6.20 Å². The van der Waals surface area contributed by atoms with Gasteiger partial charge in [-0.25, -0.2) is 4.98 Å². The van der Waals surface area contributed by atoms with Gasteiger partial charge >= 0.3 is 0 Å². The van der Waals surface area contributed by atoms with E-state index in [2.05, 4.69) is 55.9 Å². The first-order valence-electron chi connectivity index (χ1n) is 10.6. The number of nitrogens with one attached hydrogen (secondary N) is 2. The first-order chi connectivity index (χ1) is 15.2. The third-order valence-electron chi connectivity index (χ3n) is 5.48. The minimum Gasteiger partial charge on any atom is -0.492 e. The molecule has 0 unspecified atom stereocenters. The molecule has 0 spiro atoms. The Hall–Kier alpha value is -3.09. The van der Waals surface area contributed by atoms with Crippen LogP contribution in [0, 0.1) is 0 Å². The van der Waals surface area contributed by atoms with Crippen molar-refractivity contribution in [1.82, 2.24) is 14.9 Å². The molecule has 0 atom stereocenters. The van der Waals surface area contributed by atoms with Crippen molar-refractivity contribution in [2.45, 2.75) is 12.8 Å². The summed E-state index contributed by atoms with van der Waals surface area (Å²) in [6.45, 7) is 3.98. The van der Waals surface area contributed by atoms with Gasteiger partial charge in [0.1, 0.15) is 17.4 Å². The number of fused-ring (bicyclic) bond motifs is 6. The van der Waals surface area contributed by atoms with Gasteiger partial charge in [0, 0.05) is 23.5 Å². The Kier molecular flexibility index (Phi) is 5.74. The van der Waals surface area contributed by atoms with Crippen molar-refractivity contribution >= 4 is 46.9 Å². The quantitative estimate of drug-likeness (QED) is 0.438. The Morgan fingerprint density at radius 2 is 1.87 bits per heavy atom. The molecule has 2 aliphatic heterocycles. The maximum atomic E-state index is 6.30. The number of hydrogen-bond donors (Lipinski definition) is 2. The minimum atomic E-state index is 0.462. The van der Waals surface area contributed by atoms with Gasteiger partial charge < -0.3 is 15.4 Å². The van der Waals surface area contributed by atoms with Gasteiger partial charge in [0.05, 0.1) is 6.20 Å². The van der Waals surface area contributed by atoms with Crippen molar-refractivity contribution in [3.63, 3.8) is 0 Å². The van der Waals surface area contributed by atoms with Crippen LogP contribution < -0.4 is 15.4 Å². The number of anilines is 4. The normalized spacial score (nSPS) is 16.3. The van der Waals surface area contributed by atoms with Crippen LogP contribution in [0.5, 0.6) is 5.75 Å². The minimum absolute atomic E-state index is 0.462. The predicted molar refractivity (Wildman–Crippen MR) is 127 cm³/mol. The van der Waals surface area contributed by atoms with E-state index in [1.165, 1.54) is 25.9 Å². The first kappa shape index (κ1) is 19.8. The van der Waals surface area contributed by atoms with Gasteiger partial charge in [-0.15, -0.1) is 0 Å². The molecular weight excluding hydrogens is 410 g/mol. The molecule has 0 aliphatic carbocycles. The van der Waals surface area contributed by atoms with Gasteiger partial charge in [-0.3, -0.25) is 4.90 Å². The molecule has 1 aromatic heterocycles. The summed E-state index contributed by atoms with van der Waals surface area (Å²) in [4.78, 5) is 11.3. The van der Waals surface area contributed by atoms with E-state index >= 15 is 0 Å².